The third-order valence-corrected chi connectivity index (χ3v) is 5.95. The molecule has 2 aromatic carbocycles. The number of carbonyl (C=O) groups is 1. The molecule has 1 amide bonds. The number of nitrogens with zero attached hydrogens (tertiary/aromatic N) is 2. The quantitative estimate of drug-likeness (QED) is 0.803. The molecule has 0 bridgehead atoms. The molecule has 1 atom stereocenters. The van der Waals surface area contributed by atoms with Gasteiger partial charge in [-0.05, 0) is 30.4 Å². The summed E-state index contributed by atoms with van der Waals surface area (Å²) in [5, 5.41) is 0. The van der Waals surface area contributed by atoms with Gasteiger partial charge in [0.1, 0.15) is 5.75 Å². The van der Waals surface area contributed by atoms with Crippen molar-refractivity contribution < 1.29 is 9.53 Å². The summed E-state index contributed by atoms with van der Waals surface area (Å²) in [6.07, 6.45) is 1.64. The fraction of sp³-hybridized carbons (Fsp3) is 0.458. The SMILES string of the molecule is CC(C)C1Oc2ccccc2CN(C2CCN(Cc3ccccc3)CC2)C1=O. The van der Waals surface area contributed by atoms with Gasteiger partial charge in [-0.25, -0.2) is 0 Å². The number of rotatable bonds is 4. The van der Waals surface area contributed by atoms with E-state index in [1.54, 1.807) is 0 Å². The van der Waals surface area contributed by atoms with Gasteiger partial charge in [0, 0.05) is 37.8 Å². The number of para-hydroxylation sites is 1. The van der Waals surface area contributed by atoms with Crippen molar-refractivity contribution in [2.24, 2.45) is 5.92 Å². The molecule has 4 heteroatoms. The van der Waals surface area contributed by atoms with E-state index in [0.717, 1.165) is 43.8 Å². The third kappa shape index (κ3) is 4.07. The molecule has 148 valence electrons. The fourth-order valence-electron chi connectivity index (χ4n) is 4.32. The number of hydrogen-bond acceptors (Lipinski definition) is 3. The van der Waals surface area contributed by atoms with Gasteiger partial charge in [0.25, 0.3) is 5.91 Å². The first-order chi connectivity index (χ1) is 13.6. The minimum atomic E-state index is -0.397. The van der Waals surface area contributed by atoms with Crippen LogP contribution in [0.3, 0.4) is 0 Å². The molecule has 0 radical (unpaired) electrons. The maximum Gasteiger partial charge on any atom is 0.264 e. The van der Waals surface area contributed by atoms with Crippen LogP contribution in [0.1, 0.15) is 37.8 Å². The number of ether oxygens (including phenoxy) is 1. The van der Waals surface area contributed by atoms with Gasteiger partial charge in [-0.2, -0.15) is 0 Å². The second-order valence-corrected chi connectivity index (χ2v) is 8.35. The van der Waals surface area contributed by atoms with Crippen LogP contribution in [0, 0.1) is 5.92 Å². The molecule has 0 aromatic heterocycles. The van der Waals surface area contributed by atoms with E-state index in [9.17, 15) is 4.79 Å². The first-order valence-corrected chi connectivity index (χ1v) is 10.4. The lowest BCUT2D eigenvalue weighted by Gasteiger charge is -2.39. The van der Waals surface area contributed by atoms with E-state index >= 15 is 0 Å². The van der Waals surface area contributed by atoms with E-state index in [0.29, 0.717) is 6.54 Å². The summed E-state index contributed by atoms with van der Waals surface area (Å²) in [6.45, 7) is 7.83. The number of hydrogen-bond donors (Lipinski definition) is 0. The van der Waals surface area contributed by atoms with Crippen molar-refractivity contribution in [3.8, 4) is 5.75 Å². The lowest BCUT2D eigenvalue weighted by molar-refractivity contribution is -0.143. The Labute approximate surface area is 168 Å². The van der Waals surface area contributed by atoms with E-state index in [4.69, 9.17) is 4.74 Å². The standard InChI is InChI=1S/C24H30N2O2/c1-18(2)23-24(27)26(17-20-10-6-7-11-22(20)28-23)21-12-14-25(15-13-21)16-19-8-4-3-5-9-19/h3-11,18,21,23H,12-17H2,1-2H3. The van der Waals surface area contributed by atoms with E-state index in [2.05, 4.69) is 60.0 Å². The smallest absolute Gasteiger partial charge is 0.264 e. The van der Waals surface area contributed by atoms with E-state index < -0.39 is 6.10 Å². The van der Waals surface area contributed by atoms with Gasteiger partial charge in [-0.15, -0.1) is 0 Å². The average Bonchev–Trinajstić information content (AvgIpc) is 2.86. The lowest BCUT2D eigenvalue weighted by Crippen LogP contribution is -2.51. The molecular formula is C24H30N2O2. The van der Waals surface area contributed by atoms with Crippen molar-refractivity contribution in [3.05, 3.63) is 65.7 Å². The minimum absolute atomic E-state index is 0.146. The van der Waals surface area contributed by atoms with E-state index in [1.807, 2.05) is 18.2 Å². The molecule has 4 nitrogen and oxygen atoms in total. The maximum atomic E-state index is 13.3. The van der Waals surface area contributed by atoms with Crippen molar-refractivity contribution in [3.63, 3.8) is 0 Å². The Hall–Kier alpha value is -2.33. The zero-order chi connectivity index (χ0) is 19.5. The van der Waals surface area contributed by atoms with Crippen LogP contribution in [0.5, 0.6) is 5.75 Å². The van der Waals surface area contributed by atoms with Crippen molar-refractivity contribution in [2.75, 3.05) is 13.1 Å². The summed E-state index contributed by atoms with van der Waals surface area (Å²) in [6, 6.07) is 19.0. The molecule has 2 aliphatic rings. The van der Waals surface area contributed by atoms with Gasteiger partial charge in [-0.1, -0.05) is 62.4 Å². The molecule has 1 saturated heterocycles. The largest absolute Gasteiger partial charge is 0.480 e. The topological polar surface area (TPSA) is 32.8 Å². The van der Waals surface area contributed by atoms with Gasteiger partial charge < -0.3 is 9.64 Å². The summed E-state index contributed by atoms with van der Waals surface area (Å²) in [4.78, 5) is 17.9. The number of amides is 1. The van der Waals surface area contributed by atoms with Crippen LogP contribution < -0.4 is 4.74 Å². The first-order valence-electron chi connectivity index (χ1n) is 10.4. The van der Waals surface area contributed by atoms with Gasteiger partial charge in [0.2, 0.25) is 0 Å². The third-order valence-electron chi connectivity index (χ3n) is 5.95. The van der Waals surface area contributed by atoms with Crippen LogP contribution in [0.25, 0.3) is 0 Å². The monoisotopic (exact) mass is 378 g/mol. The fourth-order valence-corrected chi connectivity index (χ4v) is 4.32. The Kier molecular flexibility index (Phi) is 5.67. The molecule has 2 aromatic rings. The summed E-state index contributed by atoms with van der Waals surface area (Å²) in [7, 11) is 0. The number of likely N-dealkylation sites (tertiary alicyclic amines) is 1. The Balaban J connectivity index is 1.46. The molecule has 1 unspecified atom stereocenters. The zero-order valence-electron chi connectivity index (χ0n) is 16.9. The van der Waals surface area contributed by atoms with Crippen LogP contribution >= 0.6 is 0 Å². The maximum absolute atomic E-state index is 13.3. The highest BCUT2D eigenvalue weighted by atomic mass is 16.5. The Bertz CT molecular complexity index is 797. The number of benzene rings is 2. The second-order valence-electron chi connectivity index (χ2n) is 8.35. The molecule has 0 spiro atoms. The first kappa shape index (κ1) is 19.0. The van der Waals surface area contributed by atoms with Gasteiger partial charge >= 0.3 is 0 Å². The van der Waals surface area contributed by atoms with Crippen molar-refractivity contribution in [1.29, 1.82) is 0 Å². The molecule has 28 heavy (non-hydrogen) atoms. The van der Waals surface area contributed by atoms with Crippen LogP contribution in [-0.2, 0) is 17.9 Å². The van der Waals surface area contributed by atoms with Gasteiger partial charge in [-0.3, -0.25) is 9.69 Å². The number of fused-ring (bicyclic) bond motifs is 1. The second kappa shape index (κ2) is 8.36. The lowest BCUT2D eigenvalue weighted by atomic mass is 9.99. The highest BCUT2D eigenvalue weighted by molar-refractivity contribution is 5.82. The Morgan fingerprint density at radius 2 is 1.68 bits per heavy atom. The van der Waals surface area contributed by atoms with E-state index in [-0.39, 0.29) is 17.9 Å². The number of piperidine rings is 1. The zero-order valence-corrected chi connectivity index (χ0v) is 16.9. The molecule has 4 rings (SSSR count). The van der Waals surface area contributed by atoms with Crippen LogP contribution in [-0.4, -0.2) is 40.9 Å². The summed E-state index contributed by atoms with van der Waals surface area (Å²) in [5.41, 5.74) is 2.47. The predicted octanol–water partition coefficient (Wildman–Crippen LogP) is 4.10. The predicted molar refractivity (Wildman–Crippen MR) is 111 cm³/mol. The van der Waals surface area contributed by atoms with Crippen LogP contribution in [0.4, 0.5) is 0 Å². The summed E-state index contributed by atoms with van der Waals surface area (Å²) in [5.74, 6) is 1.16. The summed E-state index contributed by atoms with van der Waals surface area (Å²) >= 11 is 0. The molecule has 0 N–H and O–H groups in total. The molecule has 2 heterocycles. The van der Waals surface area contributed by atoms with Gasteiger partial charge in [0.15, 0.2) is 6.10 Å². The molecular weight excluding hydrogens is 348 g/mol. The van der Waals surface area contributed by atoms with E-state index in [1.165, 1.54) is 5.56 Å². The average molecular weight is 379 g/mol. The molecule has 2 aliphatic heterocycles. The minimum Gasteiger partial charge on any atom is -0.480 e. The van der Waals surface area contributed by atoms with Gasteiger partial charge in [0.05, 0.1) is 0 Å². The molecule has 0 saturated carbocycles. The van der Waals surface area contributed by atoms with Crippen LogP contribution in [0.15, 0.2) is 54.6 Å². The Morgan fingerprint density at radius 3 is 2.39 bits per heavy atom. The normalized spacial score (nSPS) is 21.3. The molecule has 1 fully saturated rings. The highest BCUT2D eigenvalue weighted by Gasteiger charge is 2.37. The van der Waals surface area contributed by atoms with Crippen molar-refractivity contribution in [2.45, 2.75) is 51.9 Å². The van der Waals surface area contributed by atoms with Crippen molar-refractivity contribution in [1.82, 2.24) is 9.80 Å². The Morgan fingerprint density at radius 1 is 1.00 bits per heavy atom. The van der Waals surface area contributed by atoms with Crippen LogP contribution in [0.2, 0.25) is 0 Å². The highest BCUT2D eigenvalue weighted by Crippen LogP contribution is 2.31. The number of carbonyl (C=O) groups excluding carboxylic acids is 1. The summed E-state index contributed by atoms with van der Waals surface area (Å²) < 4.78 is 6.15. The van der Waals surface area contributed by atoms with Crippen molar-refractivity contribution >= 4 is 5.91 Å². The molecule has 0 aliphatic carbocycles.